The van der Waals surface area contributed by atoms with Crippen LogP contribution in [-0.4, -0.2) is 67.1 Å². The van der Waals surface area contributed by atoms with E-state index in [-0.39, 0.29) is 36.7 Å². The number of sulfone groups is 1. The Morgan fingerprint density at radius 3 is 2.10 bits per heavy atom. The van der Waals surface area contributed by atoms with Crippen LogP contribution in [0.25, 0.3) is 0 Å². The molecule has 0 saturated carbocycles. The number of hydrogen-bond acceptors (Lipinski definition) is 8. The van der Waals surface area contributed by atoms with Crippen molar-refractivity contribution in [1.82, 2.24) is 10.2 Å². The number of hydrogen-bond donors (Lipinski definition) is 2. The van der Waals surface area contributed by atoms with Gasteiger partial charge in [-0.15, -0.1) is 0 Å². The number of piperidine rings is 1. The van der Waals surface area contributed by atoms with Crippen molar-refractivity contribution in [1.29, 1.82) is 0 Å². The number of carbonyl (C=O) groups excluding carboxylic acids is 3. The first-order valence-electron chi connectivity index (χ1n) is 13.9. The highest BCUT2D eigenvalue weighted by molar-refractivity contribution is 7.93. The van der Waals surface area contributed by atoms with Gasteiger partial charge in [-0.25, -0.2) is 13.2 Å². The second kappa shape index (κ2) is 13.5. The molecule has 0 unspecified atom stereocenters. The highest BCUT2D eigenvalue weighted by atomic mass is 32.2. The van der Waals surface area contributed by atoms with Crippen LogP contribution in [-0.2, 0) is 24.2 Å². The van der Waals surface area contributed by atoms with Gasteiger partial charge in [0.25, 0.3) is 0 Å². The summed E-state index contributed by atoms with van der Waals surface area (Å²) >= 11 is 0. The fourth-order valence-electron chi connectivity index (χ4n) is 4.86. The number of nitrogens with one attached hydrogen (secondary N) is 1. The van der Waals surface area contributed by atoms with Crippen molar-refractivity contribution in [3.63, 3.8) is 0 Å². The van der Waals surface area contributed by atoms with Crippen LogP contribution in [0, 0.1) is 0 Å². The van der Waals surface area contributed by atoms with Crippen molar-refractivity contribution in [2.24, 2.45) is 5.73 Å². The minimum atomic E-state index is -4.09. The molecule has 2 aromatic carbocycles. The summed E-state index contributed by atoms with van der Waals surface area (Å²) in [4.78, 5) is 40.3. The van der Waals surface area contributed by atoms with Crippen LogP contribution in [0.1, 0.15) is 59.8 Å². The van der Waals surface area contributed by atoms with Gasteiger partial charge in [0.2, 0.25) is 5.91 Å². The van der Waals surface area contributed by atoms with E-state index in [1.165, 1.54) is 24.0 Å². The van der Waals surface area contributed by atoms with Crippen molar-refractivity contribution in [2.75, 3.05) is 19.6 Å². The predicted molar refractivity (Wildman–Crippen MR) is 155 cm³/mol. The Morgan fingerprint density at radius 1 is 0.976 bits per heavy atom. The molecule has 3 N–H and O–H groups in total. The van der Waals surface area contributed by atoms with E-state index in [4.69, 9.17) is 15.2 Å². The highest BCUT2D eigenvalue weighted by Crippen LogP contribution is 2.37. The zero-order chi connectivity index (χ0) is 30.3. The molecule has 1 atom stereocenters. The first-order chi connectivity index (χ1) is 19.3. The molecule has 0 spiro atoms. The van der Waals surface area contributed by atoms with Gasteiger partial charge >= 0.3 is 6.09 Å². The Kier molecular flexibility index (Phi) is 10.5. The summed E-state index contributed by atoms with van der Waals surface area (Å²) in [6, 6.07) is 14.2. The second-order valence-corrected chi connectivity index (χ2v) is 13.5. The molecule has 10 nitrogen and oxygen atoms in total. The molecule has 0 bridgehead atoms. The average molecular weight is 588 g/mol. The van der Waals surface area contributed by atoms with Crippen LogP contribution in [0.15, 0.2) is 59.5 Å². The lowest BCUT2D eigenvalue weighted by Gasteiger charge is -2.40. The summed E-state index contributed by atoms with van der Waals surface area (Å²) in [5.41, 5.74) is 4.87. The van der Waals surface area contributed by atoms with E-state index >= 15 is 0 Å². The van der Waals surface area contributed by atoms with E-state index in [9.17, 15) is 22.8 Å². The predicted octanol–water partition coefficient (Wildman–Crippen LogP) is 4.23. The van der Waals surface area contributed by atoms with Crippen LogP contribution in [0.2, 0.25) is 0 Å². The van der Waals surface area contributed by atoms with Crippen LogP contribution in [0.5, 0.6) is 11.5 Å². The third-order valence-corrected chi connectivity index (χ3v) is 9.71. The number of rotatable bonds is 11. The maximum Gasteiger partial charge on any atom is 0.408 e. The second-order valence-electron chi connectivity index (χ2n) is 11.2. The summed E-state index contributed by atoms with van der Waals surface area (Å²) in [6.07, 6.45) is 0.842. The molecule has 224 valence electrons. The van der Waals surface area contributed by atoms with Gasteiger partial charge < -0.3 is 25.4 Å². The number of ketones is 1. The smallest absolute Gasteiger partial charge is 0.408 e. The molecule has 2 aromatic rings. The number of benzene rings is 2. The Bertz CT molecular complexity index is 1300. The van der Waals surface area contributed by atoms with Crippen molar-refractivity contribution in [3.8, 4) is 11.5 Å². The molecule has 1 saturated heterocycles. The first kappa shape index (κ1) is 32.1. The fraction of sp³-hybridized carbons (Fsp3) is 0.500. The molecule has 1 aliphatic rings. The van der Waals surface area contributed by atoms with Crippen molar-refractivity contribution in [3.05, 3.63) is 54.6 Å². The molecule has 1 heterocycles. The van der Waals surface area contributed by atoms with E-state index in [1.807, 2.05) is 18.2 Å². The Hall–Kier alpha value is -3.44. The zero-order valence-electron chi connectivity index (χ0n) is 24.2. The molecule has 0 radical (unpaired) electrons. The molecular weight excluding hydrogens is 546 g/mol. The number of likely N-dealkylation sites (tertiary alicyclic amines) is 1. The van der Waals surface area contributed by atoms with Crippen LogP contribution < -0.4 is 15.8 Å². The number of ether oxygens (including phenoxy) is 2. The molecule has 0 aliphatic carbocycles. The number of alkyl carbamates (subject to hydrolysis) is 1. The number of nitrogens with two attached hydrogens (primary N) is 1. The van der Waals surface area contributed by atoms with Gasteiger partial charge in [-0.1, -0.05) is 18.2 Å². The lowest BCUT2D eigenvalue weighted by atomic mass is 9.91. The van der Waals surface area contributed by atoms with Crippen LogP contribution in [0.3, 0.4) is 0 Å². The molecule has 1 aliphatic heterocycles. The number of carbonyl (C=O) groups is 3. The van der Waals surface area contributed by atoms with Crippen molar-refractivity contribution < 1.29 is 32.3 Å². The van der Waals surface area contributed by atoms with Gasteiger partial charge in [0.05, 0.1) is 4.90 Å². The minimum Gasteiger partial charge on any atom is -0.457 e. The monoisotopic (exact) mass is 587 g/mol. The normalized spacial score (nSPS) is 16.0. The molecule has 3 rings (SSSR count). The maximum atomic E-state index is 13.8. The molecule has 2 amide bonds. The molecule has 1 fully saturated rings. The average Bonchev–Trinajstić information content (AvgIpc) is 2.92. The van der Waals surface area contributed by atoms with Gasteiger partial charge in [-0.05, 0) is 103 Å². The zero-order valence-corrected chi connectivity index (χ0v) is 25.0. The number of unbranched alkanes of at least 4 members (excludes halogenated alkanes) is 1. The molecule has 41 heavy (non-hydrogen) atoms. The number of amides is 2. The minimum absolute atomic E-state index is 0.0131. The van der Waals surface area contributed by atoms with E-state index < -0.39 is 38.1 Å². The van der Waals surface area contributed by atoms with Crippen LogP contribution >= 0.6 is 0 Å². The van der Waals surface area contributed by atoms with Gasteiger partial charge in [0.15, 0.2) is 15.6 Å². The summed E-state index contributed by atoms with van der Waals surface area (Å²) < 4.78 is 37.1. The Balaban J connectivity index is 1.75. The standard InChI is InChI=1S/C30H41N3O7S/c1-22(34)30(41(37,38)25-15-13-24(14-16-25)39-23-10-6-5-7-11-23)17-20-33(21-18-30)27(35)26(12-8-9-19-31)32-28(36)40-29(2,3)4/h5-7,10-11,13-16,26H,8-9,12,17-21,31H2,1-4H3,(H,32,36)/t26-/m0/s1. The summed E-state index contributed by atoms with van der Waals surface area (Å²) in [6.45, 7) is 7.03. The van der Waals surface area contributed by atoms with E-state index in [2.05, 4.69) is 5.32 Å². The third-order valence-electron chi connectivity index (χ3n) is 7.09. The number of Topliss-reactive ketones (excluding diaryl/α,β-unsaturated/α-hetero) is 1. The van der Waals surface area contributed by atoms with Gasteiger partial charge in [-0.2, -0.15) is 0 Å². The van der Waals surface area contributed by atoms with Gasteiger partial charge in [0, 0.05) is 13.1 Å². The Morgan fingerprint density at radius 2 is 1.56 bits per heavy atom. The first-order valence-corrected chi connectivity index (χ1v) is 15.3. The van der Waals surface area contributed by atoms with Crippen molar-refractivity contribution in [2.45, 2.75) is 81.1 Å². The summed E-state index contributed by atoms with van der Waals surface area (Å²) in [7, 11) is -4.09. The Labute approximate surface area is 242 Å². The third kappa shape index (κ3) is 8.07. The lowest BCUT2D eigenvalue weighted by molar-refractivity contribution is -0.136. The largest absolute Gasteiger partial charge is 0.457 e. The number of nitrogens with zero attached hydrogens (tertiary/aromatic N) is 1. The summed E-state index contributed by atoms with van der Waals surface area (Å²) in [5.74, 6) is 0.263. The van der Waals surface area contributed by atoms with E-state index in [1.54, 1.807) is 45.0 Å². The SMILES string of the molecule is CC(=O)C1(S(=O)(=O)c2ccc(Oc3ccccc3)cc2)CCN(C(=O)[C@H](CCCCN)NC(=O)OC(C)(C)C)CC1. The maximum absolute atomic E-state index is 13.8. The molecule has 11 heteroatoms. The molecular formula is C30H41N3O7S. The van der Waals surface area contributed by atoms with Gasteiger partial charge in [-0.3, -0.25) is 9.59 Å². The lowest BCUT2D eigenvalue weighted by Crippen LogP contribution is -2.57. The van der Waals surface area contributed by atoms with Crippen LogP contribution in [0.4, 0.5) is 4.79 Å². The van der Waals surface area contributed by atoms with E-state index in [0.717, 1.165) is 0 Å². The van der Waals surface area contributed by atoms with Gasteiger partial charge in [0.1, 0.15) is 27.9 Å². The molecule has 0 aromatic heterocycles. The highest BCUT2D eigenvalue weighted by Gasteiger charge is 2.51. The topological polar surface area (TPSA) is 145 Å². The van der Waals surface area contributed by atoms with Crippen molar-refractivity contribution >= 4 is 27.6 Å². The summed E-state index contributed by atoms with van der Waals surface area (Å²) in [5, 5.41) is 2.66. The van der Waals surface area contributed by atoms with E-state index in [0.29, 0.717) is 37.3 Å². The fourth-order valence-corrected chi connectivity index (χ4v) is 6.90. The number of para-hydroxylation sites is 1. The quantitative estimate of drug-likeness (QED) is 0.372.